The van der Waals surface area contributed by atoms with Crippen LogP contribution in [0.3, 0.4) is 0 Å². The van der Waals surface area contributed by atoms with Gasteiger partial charge >= 0.3 is 0 Å². The number of hydrogen-bond donors (Lipinski definition) is 3. The number of pyridine rings is 1. The number of anilines is 1. The highest BCUT2D eigenvalue weighted by Gasteiger charge is 2.24. The molecule has 0 amide bonds. The summed E-state index contributed by atoms with van der Waals surface area (Å²) in [6.45, 7) is 1.60. The minimum atomic E-state index is -3.13. The Morgan fingerprint density at radius 2 is 1.87 bits per heavy atom. The molecule has 0 saturated heterocycles. The first kappa shape index (κ1) is 22.4. The Hall–Kier alpha value is -2.30. The van der Waals surface area contributed by atoms with E-state index in [2.05, 4.69) is 20.3 Å². The van der Waals surface area contributed by atoms with Crippen LogP contribution in [0.5, 0.6) is 0 Å². The molecule has 0 bridgehead atoms. The maximum atomic E-state index is 13.7. The van der Waals surface area contributed by atoms with Gasteiger partial charge in [0.05, 0.1) is 19.8 Å². The van der Waals surface area contributed by atoms with Gasteiger partial charge in [-0.15, -0.1) is 0 Å². The molecule has 0 aliphatic carbocycles. The first-order chi connectivity index (χ1) is 14.0. The molecule has 30 heavy (non-hydrogen) atoms. The molecular formula is C18H16Cl2F3N5OS. The van der Waals surface area contributed by atoms with Crippen molar-refractivity contribution in [3.63, 3.8) is 0 Å². The number of nitrogens with one attached hydrogen (secondary N) is 3. The maximum absolute atomic E-state index is 13.7. The molecule has 0 aliphatic heterocycles. The molecule has 0 saturated carbocycles. The highest BCUT2D eigenvalue weighted by molar-refractivity contribution is 7.91. The van der Waals surface area contributed by atoms with E-state index in [9.17, 15) is 17.4 Å². The molecule has 0 fully saturated rings. The van der Waals surface area contributed by atoms with E-state index in [1.54, 1.807) is 6.92 Å². The van der Waals surface area contributed by atoms with Crippen LogP contribution in [0, 0.1) is 17.5 Å². The summed E-state index contributed by atoms with van der Waals surface area (Å²) in [7, 11) is -3.13. The van der Waals surface area contributed by atoms with Crippen molar-refractivity contribution >= 4 is 38.7 Å². The van der Waals surface area contributed by atoms with Crippen molar-refractivity contribution < 1.29 is 17.4 Å². The van der Waals surface area contributed by atoms with Crippen LogP contribution in [0.4, 0.5) is 19.0 Å². The molecule has 2 unspecified atom stereocenters. The summed E-state index contributed by atoms with van der Waals surface area (Å²) in [5.74, 6) is -0.357. The molecule has 1 aromatic carbocycles. The lowest BCUT2D eigenvalue weighted by Crippen LogP contribution is -2.16. The van der Waals surface area contributed by atoms with E-state index in [-0.39, 0.29) is 26.7 Å². The van der Waals surface area contributed by atoms with Crippen molar-refractivity contribution in [2.24, 2.45) is 0 Å². The topological polar surface area (TPSA) is 94.5 Å². The second-order valence-corrected chi connectivity index (χ2v) is 9.40. The Kier molecular flexibility index (Phi) is 6.30. The van der Waals surface area contributed by atoms with Gasteiger partial charge in [0.2, 0.25) is 0 Å². The predicted octanol–water partition coefficient (Wildman–Crippen LogP) is 5.73. The van der Waals surface area contributed by atoms with Crippen LogP contribution in [0.2, 0.25) is 10.0 Å². The van der Waals surface area contributed by atoms with Crippen LogP contribution in [0.1, 0.15) is 35.2 Å². The lowest BCUT2D eigenvalue weighted by molar-refractivity contribution is 0.146. The van der Waals surface area contributed by atoms with Gasteiger partial charge in [-0.2, -0.15) is 0 Å². The summed E-state index contributed by atoms with van der Waals surface area (Å²) in [5.41, 5.74) is 0.242. The number of aryl methyl sites for hydroxylation is 1. The quantitative estimate of drug-likeness (QED) is 0.422. The molecule has 160 valence electrons. The minimum Gasteiger partial charge on any atom is -0.356 e. The predicted molar refractivity (Wildman–Crippen MR) is 109 cm³/mol. The third kappa shape index (κ3) is 4.71. The van der Waals surface area contributed by atoms with E-state index in [0.717, 1.165) is 6.07 Å². The van der Waals surface area contributed by atoms with Crippen LogP contribution < -0.4 is 5.32 Å². The molecule has 12 heteroatoms. The molecule has 6 nitrogen and oxygen atoms in total. The van der Waals surface area contributed by atoms with Crippen molar-refractivity contribution in [1.82, 2.24) is 15.0 Å². The number of H-pyrrole nitrogens is 1. The summed E-state index contributed by atoms with van der Waals surface area (Å²) >= 11 is 11.7. The average Bonchev–Trinajstić information content (AvgIpc) is 3.05. The summed E-state index contributed by atoms with van der Waals surface area (Å²) in [4.78, 5) is 11.0. The van der Waals surface area contributed by atoms with Gasteiger partial charge in [0, 0.05) is 11.9 Å². The van der Waals surface area contributed by atoms with E-state index in [1.807, 2.05) is 0 Å². The van der Waals surface area contributed by atoms with Gasteiger partial charge in [0.25, 0.3) is 6.43 Å². The number of aromatic amines is 1. The molecule has 3 N–H and O–H groups in total. The number of imidazole rings is 1. The van der Waals surface area contributed by atoms with Gasteiger partial charge in [0.1, 0.15) is 29.2 Å². The first-order valence-electron chi connectivity index (χ1n) is 8.43. The molecular weight excluding hydrogens is 462 g/mol. The number of aromatic nitrogens is 3. The van der Waals surface area contributed by atoms with Gasteiger partial charge in [0.15, 0.2) is 5.03 Å². The molecule has 3 rings (SSSR count). The van der Waals surface area contributed by atoms with E-state index >= 15 is 0 Å². The molecule has 2 heterocycles. The molecule has 3 aromatic rings. The van der Waals surface area contributed by atoms with Crippen LogP contribution in [0.25, 0.3) is 0 Å². The number of rotatable bonds is 6. The van der Waals surface area contributed by atoms with Crippen LogP contribution >= 0.6 is 23.2 Å². The number of hydrogen-bond acceptors (Lipinski definition) is 5. The lowest BCUT2D eigenvalue weighted by Gasteiger charge is -2.19. The zero-order chi connectivity index (χ0) is 22.2. The lowest BCUT2D eigenvalue weighted by atomic mass is 10.1. The van der Waals surface area contributed by atoms with E-state index in [1.165, 1.54) is 30.5 Å². The third-order valence-corrected chi connectivity index (χ3v) is 5.89. The molecule has 2 atom stereocenters. The highest BCUT2D eigenvalue weighted by Crippen LogP contribution is 2.31. The SMILES string of the molecule is Cc1[nH]c(C(Nc2ccc(Cl)c(C(F)F)n2)c2ccc(F)c(Cl)c2)nc1S(C)(=N)=O. The molecule has 2 aromatic heterocycles. The van der Waals surface area contributed by atoms with Crippen molar-refractivity contribution in [2.75, 3.05) is 11.6 Å². The highest BCUT2D eigenvalue weighted by atomic mass is 35.5. The van der Waals surface area contributed by atoms with E-state index in [0.29, 0.717) is 11.3 Å². The standard InChI is InChI=1S/C18H16Cl2F3N5OS/c1-8-18(30(2,24)29)28-17(25-8)14(9-3-5-12(21)11(20)7-9)26-13-6-4-10(19)15(27-13)16(22)23/h3-7,14,16,24H,1-2H3,(H,25,28)(H,26,27). The van der Waals surface area contributed by atoms with Crippen molar-refractivity contribution in [2.45, 2.75) is 24.4 Å². The fourth-order valence-corrected chi connectivity index (χ4v) is 4.11. The summed E-state index contributed by atoms with van der Waals surface area (Å²) in [6, 6.07) is 5.75. The first-order valence-corrected chi connectivity index (χ1v) is 11.2. The molecule has 0 aliphatic rings. The van der Waals surface area contributed by atoms with Gasteiger partial charge in [-0.1, -0.05) is 29.3 Å². The van der Waals surface area contributed by atoms with Crippen LogP contribution in [-0.2, 0) is 9.73 Å². The zero-order valence-electron chi connectivity index (χ0n) is 15.6. The second-order valence-electron chi connectivity index (χ2n) is 6.51. The largest absolute Gasteiger partial charge is 0.356 e. The van der Waals surface area contributed by atoms with Crippen LogP contribution in [-0.4, -0.2) is 25.4 Å². The van der Waals surface area contributed by atoms with Crippen molar-refractivity contribution in [1.29, 1.82) is 4.78 Å². The number of nitrogens with zero attached hydrogens (tertiary/aromatic N) is 2. The van der Waals surface area contributed by atoms with Gasteiger partial charge < -0.3 is 10.3 Å². The number of halogens is 5. The normalized spacial score (nSPS) is 14.5. The Balaban J connectivity index is 2.11. The fourth-order valence-electron chi connectivity index (χ4n) is 2.82. The Morgan fingerprint density at radius 1 is 1.17 bits per heavy atom. The summed E-state index contributed by atoms with van der Waals surface area (Å²) in [6.07, 6.45) is -1.66. The zero-order valence-corrected chi connectivity index (χ0v) is 18.0. The van der Waals surface area contributed by atoms with Crippen LogP contribution in [0.15, 0.2) is 35.4 Å². The smallest absolute Gasteiger partial charge is 0.281 e. The molecule has 0 spiro atoms. The maximum Gasteiger partial charge on any atom is 0.281 e. The third-order valence-electron chi connectivity index (χ3n) is 4.15. The minimum absolute atomic E-state index is 0.0508. The van der Waals surface area contributed by atoms with Gasteiger partial charge in [-0.05, 0) is 36.8 Å². The summed E-state index contributed by atoms with van der Waals surface area (Å²) in [5, 5.41) is 2.65. The van der Waals surface area contributed by atoms with E-state index in [4.69, 9.17) is 28.0 Å². The average molecular weight is 478 g/mol. The Labute approximate surface area is 180 Å². The number of alkyl halides is 2. The summed E-state index contributed by atoms with van der Waals surface area (Å²) < 4.78 is 60.0. The van der Waals surface area contributed by atoms with Crippen molar-refractivity contribution in [3.8, 4) is 0 Å². The monoisotopic (exact) mass is 477 g/mol. The van der Waals surface area contributed by atoms with Crippen molar-refractivity contribution in [3.05, 3.63) is 69.0 Å². The Morgan fingerprint density at radius 3 is 2.43 bits per heavy atom. The number of benzene rings is 1. The second kappa shape index (κ2) is 8.44. The molecule has 0 radical (unpaired) electrons. The van der Waals surface area contributed by atoms with E-state index < -0.39 is 33.7 Å². The van der Waals surface area contributed by atoms with Gasteiger partial charge in [-0.3, -0.25) is 0 Å². The Bertz CT molecular complexity index is 1200. The fraction of sp³-hybridized carbons (Fsp3) is 0.222. The van der Waals surface area contributed by atoms with Gasteiger partial charge in [-0.25, -0.2) is 32.1 Å².